The zero-order valence-corrected chi connectivity index (χ0v) is 10.7. The first-order valence-corrected chi connectivity index (χ1v) is 6.31. The predicted molar refractivity (Wildman–Crippen MR) is 68.9 cm³/mol. The molecule has 1 aromatic carbocycles. The Kier molecular flexibility index (Phi) is 4.26. The molecule has 94 valence electrons. The number of aryl methyl sites for hydroxylation is 1. The van der Waals surface area contributed by atoms with Crippen molar-refractivity contribution < 1.29 is 9.47 Å². The second kappa shape index (κ2) is 5.92. The lowest BCUT2D eigenvalue weighted by molar-refractivity contribution is 0.186. The number of benzene rings is 1. The van der Waals surface area contributed by atoms with E-state index in [9.17, 15) is 0 Å². The van der Waals surface area contributed by atoms with Crippen LogP contribution in [0.4, 0.5) is 0 Å². The fourth-order valence-electron chi connectivity index (χ4n) is 2.17. The number of methoxy groups -OCH3 is 1. The van der Waals surface area contributed by atoms with Gasteiger partial charge in [0.1, 0.15) is 11.5 Å². The Morgan fingerprint density at radius 3 is 2.88 bits per heavy atom. The summed E-state index contributed by atoms with van der Waals surface area (Å²) in [4.78, 5) is 0. The molecule has 1 aliphatic heterocycles. The largest absolute Gasteiger partial charge is 0.497 e. The summed E-state index contributed by atoms with van der Waals surface area (Å²) in [5.41, 5.74) is 1.14. The van der Waals surface area contributed by atoms with Crippen molar-refractivity contribution in [1.82, 2.24) is 5.32 Å². The van der Waals surface area contributed by atoms with E-state index < -0.39 is 0 Å². The molecule has 0 amide bonds. The van der Waals surface area contributed by atoms with Crippen LogP contribution < -0.4 is 14.8 Å². The minimum Gasteiger partial charge on any atom is -0.497 e. The number of ether oxygens (including phenoxy) is 2. The van der Waals surface area contributed by atoms with Gasteiger partial charge in [-0.15, -0.1) is 0 Å². The monoisotopic (exact) mass is 235 g/mol. The molecule has 0 spiro atoms. The quantitative estimate of drug-likeness (QED) is 0.873. The van der Waals surface area contributed by atoms with E-state index >= 15 is 0 Å². The van der Waals surface area contributed by atoms with Gasteiger partial charge in [0.15, 0.2) is 0 Å². The van der Waals surface area contributed by atoms with Gasteiger partial charge in [-0.2, -0.15) is 0 Å². The summed E-state index contributed by atoms with van der Waals surface area (Å²) < 4.78 is 11.3. The second-order valence-electron chi connectivity index (χ2n) is 4.55. The molecule has 1 aromatic rings. The molecule has 1 N–H and O–H groups in total. The topological polar surface area (TPSA) is 30.5 Å². The van der Waals surface area contributed by atoms with E-state index in [4.69, 9.17) is 9.47 Å². The normalized spacial score (nSPS) is 20.7. The Balaban J connectivity index is 2.01. The van der Waals surface area contributed by atoms with Crippen molar-refractivity contribution in [3.63, 3.8) is 0 Å². The first kappa shape index (κ1) is 12.2. The SMILES string of the molecule is COc1ccc(OC2CCCNCC2)c(C)c1. The van der Waals surface area contributed by atoms with E-state index in [0.29, 0.717) is 6.10 Å². The molecule has 1 heterocycles. The van der Waals surface area contributed by atoms with Gasteiger partial charge in [-0.25, -0.2) is 0 Å². The zero-order chi connectivity index (χ0) is 12.1. The maximum Gasteiger partial charge on any atom is 0.122 e. The molecule has 0 saturated carbocycles. The summed E-state index contributed by atoms with van der Waals surface area (Å²) in [6.45, 7) is 4.23. The maximum absolute atomic E-state index is 6.07. The van der Waals surface area contributed by atoms with E-state index in [1.807, 2.05) is 18.2 Å². The van der Waals surface area contributed by atoms with E-state index in [1.165, 1.54) is 6.42 Å². The van der Waals surface area contributed by atoms with Crippen LogP contribution in [0.25, 0.3) is 0 Å². The molecule has 0 bridgehead atoms. The molecule has 17 heavy (non-hydrogen) atoms. The molecule has 1 fully saturated rings. The predicted octanol–water partition coefficient (Wildman–Crippen LogP) is 2.52. The highest BCUT2D eigenvalue weighted by Gasteiger charge is 2.14. The Labute approximate surface area is 103 Å². The van der Waals surface area contributed by atoms with E-state index in [-0.39, 0.29) is 0 Å². The highest BCUT2D eigenvalue weighted by atomic mass is 16.5. The Morgan fingerprint density at radius 2 is 2.12 bits per heavy atom. The van der Waals surface area contributed by atoms with Gasteiger partial charge < -0.3 is 14.8 Å². The smallest absolute Gasteiger partial charge is 0.122 e. The van der Waals surface area contributed by atoms with Crippen molar-refractivity contribution in [3.05, 3.63) is 23.8 Å². The van der Waals surface area contributed by atoms with Crippen molar-refractivity contribution in [2.24, 2.45) is 0 Å². The number of hydrogen-bond donors (Lipinski definition) is 1. The van der Waals surface area contributed by atoms with Gasteiger partial charge >= 0.3 is 0 Å². The number of rotatable bonds is 3. The molecular weight excluding hydrogens is 214 g/mol. The number of hydrogen-bond acceptors (Lipinski definition) is 3. The summed E-state index contributed by atoms with van der Waals surface area (Å²) in [6.07, 6.45) is 3.76. The zero-order valence-electron chi connectivity index (χ0n) is 10.7. The molecule has 1 atom stereocenters. The Hall–Kier alpha value is -1.22. The Bertz CT molecular complexity index is 357. The average molecular weight is 235 g/mol. The molecule has 3 heteroatoms. The summed E-state index contributed by atoms with van der Waals surface area (Å²) in [7, 11) is 1.69. The molecule has 1 unspecified atom stereocenters. The lowest BCUT2D eigenvalue weighted by Crippen LogP contribution is -2.19. The van der Waals surface area contributed by atoms with Crippen molar-refractivity contribution in [3.8, 4) is 11.5 Å². The van der Waals surface area contributed by atoms with Gasteiger partial charge in [0.05, 0.1) is 13.2 Å². The van der Waals surface area contributed by atoms with Gasteiger partial charge in [0, 0.05) is 0 Å². The molecular formula is C14H21NO2. The average Bonchev–Trinajstić information content (AvgIpc) is 2.60. The summed E-state index contributed by atoms with van der Waals surface area (Å²) in [6, 6.07) is 5.98. The first-order chi connectivity index (χ1) is 8.29. The van der Waals surface area contributed by atoms with Crippen molar-refractivity contribution in [1.29, 1.82) is 0 Å². The third-order valence-corrected chi connectivity index (χ3v) is 3.20. The summed E-state index contributed by atoms with van der Waals surface area (Å²) >= 11 is 0. The van der Waals surface area contributed by atoms with Crippen molar-refractivity contribution in [2.75, 3.05) is 20.2 Å². The van der Waals surface area contributed by atoms with Gasteiger partial charge in [-0.1, -0.05) is 0 Å². The van der Waals surface area contributed by atoms with E-state index in [0.717, 1.165) is 43.0 Å². The van der Waals surface area contributed by atoms with Crippen LogP contribution in [0.3, 0.4) is 0 Å². The van der Waals surface area contributed by atoms with Crippen LogP contribution in [0, 0.1) is 6.92 Å². The van der Waals surface area contributed by atoms with Gasteiger partial charge in [0.2, 0.25) is 0 Å². The van der Waals surface area contributed by atoms with Gasteiger partial charge in [0.25, 0.3) is 0 Å². The van der Waals surface area contributed by atoms with Crippen LogP contribution in [0.1, 0.15) is 24.8 Å². The van der Waals surface area contributed by atoms with Crippen LogP contribution in [0.2, 0.25) is 0 Å². The highest BCUT2D eigenvalue weighted by molar-refractivity contribution is 5.39. The minimum absolute atomic E-state index is 0.345. The van der Waals surface area contributed by atoms with Crippen LogP contribution in [0.15, 0.2) is 18.2 Å². The van der Waals surface area contributed by atoms with Crippen molar-refractivity contribution in [2.45, 2.75) is 32.3 Å². The van der Waals surface area contributed by atoms with E-state index in [1.54, 1.807) is 7.11 Å². The lowest BCUT2D eigenvalue weighted by atomic mass is 10.1. The molecule has 1 aliphatic rings. The molecule has 2 rings (SSSR count). The second-order valence-corrected chi connectivity index (χ2v) is 4.55. The molecule has 0 aliphatic carbocycles. The van der Waals surface area contributed by atoms with Gasteiger partial charge in [-0.05, 0) is 63.0 Å². The minimum atomic E-state index is 0.345. The summed E-state index contributed by atoms with van der Waals surface area (Å²) in [5.74, 6) is 1.87. The number of nitrogens with one attached hydrogen (secondary N) is 1. The first-order valence-electron chi connectivity index (χ1n) is 6.31. The van der Waals surface area contributed by atoms with Crippen LogP contribution >= 0.6 is 0 Å². The Morgan fingerprint density at radius 1 is 1.24 bits per heavy atom. The molecule has 1 saturated heterocycles. The standard InChI is InChI=1S/C14H21NO2/c1-11-10-13(16-2)5-6-14(11)17-12-4-3-8-15-9-7-12/h5-6,10,12,15H,3-4,7-9H2,1-2H3. The van der Waals surface area contributed by atoms with Crippen molar-refractivity contribution >= 4 is 0 Å². The molecule has 3 nitrogen and oxygen atoms in total. The van der Waals surface area contributed by atoms with Crippen LogP contribution in [-0.2, 0) is 0 Å². The van der Waals surface area contributed by atoms with E-state index in [2.05, 4.69) is 12.2 Å². The lowest BCUT2D eigenvalue weighted by Gasteiger charge is -2.18. The third-order valence-electron chi connectivity index (χ3n) is 3.20. The fraction of sp³-hybridized carbons (Fsp3) is 0.571. The third kappa shape index (κ3) is 3.37. The molecule has 0 aromatic heterocycles. The highest BCUT2D eigenvalue weighted by Crippen LogP contribution is 2.25. The maximum atomic E-state index is 6.07. The molecule has 0 radical (unpaired) electrons. The van der Waals surface area contributed by atoms with Crippen LogP contribution in [0.5, 0.6) is 11.5 Å². The van der Waals surface area contributed by atoms with Gasteiger partial charge in [-0.3, -0.25) is 0 Å². The summed E-state index contributed by atoms with van der Waals surface area (Å²) in [5, 5.41) is 3.40. The van der Waals surface area contributed by atoms with Crippen LogP contribution in [-0.4, -0.2) is 26.3 Å². The fourth-order valence-corrected chi connectivity index (χ4v) is 2.17.